The van der Waals surface area contributed by atoms with Gasteiger partial charge in [-0.15, -0.1) is 0 Å². The Bertz CT molecular complexity index is 446. The van der Waals surface area contributed by atoms with Gasteiger partial charge in [0.1, 0.15) is 5.82 Å². The highest BCUT2D eigenvalue weighted by Gasteiger charge is 2.15. The molecule has 0 bridgehead atoms. The lowest BCUT2D eigenvalue weighted by atomic mass is 10.0. The summed E-state index contributed by atoms with van der Waals surface area (Å²) in [5, 5.41) is 8.93. The minimum Gasteiger partial charge on any atom is -0.478 e. The predicted octanol–water partition coefficient (Wildman–Crippen LogP) is 3.39. The van der Waals surface area contributed by atoms with Crippen molar-refractivity contribution in [2.24, 2.45) is 5.92 Å². The smallest absolute Gasteiger partial charge is 0.335 e. The number of hydrogen-bond acceptors (Lipinski definition) is 2. The molecule has 0 spiro atoms. The Hall–Kier alpha value is -1.42. The second-order valence-electron chi connectivity index (χ2n) is 5.51. The monoisotopic (exact) mass is 267 g/mol. The van der Waals surface area contributed by atoms with Crippen LogP contribution >= 0.6 is 0 Å². The summed E-state index contributed by atoms with van der Waals surface area (Å²) in [6.07, 6.45) is 1.02. The zero-order valence-electron chi connectivity index (χ0n) is 12.0. The van der Waals surface area contributed by atoms with Gasteiger partial charge in [-0.1, -0.05) is 13.8 Å². The third-order valence-electron chi connectivity index (χ3n) is 3.28. The number of aromatic carboxylic acids is 1. The molecule has 0 saturated carbocycles. The Balaban J connectivity index is 2.80. The maximum Gasteiger partial charge on any atom is 0.335 e. The third kappa shape index (κ3) is 4.63. The van der Waals surface area contributed by atoms with E-state index in [4.69, 9.17) is 5.11 Å². The number of benzene rings is 1. The lowest BCUT2D eigenvalue weighted by Gasteiger charge is -2.26. The number of halogens is 1. The molecule has 19 heavy (non-hydrogen) atoms. The van der Waals surface area contributed by atoms with Crippen LogP contribution in [0, 0.1) is 11.7 Å². The predicted molar refractivity (Wildman–Crippen MR) is 73.7 cm³/mol. The van der Waals surface area contributed by atoms with E-state index in [0.717, 1.165) is 6.42 Å². The van der Waals surface area contributed by atoms with E-state index in [1.165, 1.54) is 18.2 Å². The SMILES string of the molecule is CC(C)CC(C)N(C)Cc1cc(C(=O)O)ccc1F. The van der Waals surface area contributed by atoms with Crippen molar-refractivity contribution < 1.29 is 14.3 Å². The molecule has 0 amide bonds. The Morgan fingerprint density at radius 2 is 2.00 bits per heavy atom. The number of carboxylic acid groups (broad SMARTS) is 1. The Morgan fingerprint density at radius 1 is 1.37 bits per heavy atom. The van der Waals surface area contributed by atoms with Crippen molar-refractivity contribution in [3.63, 3.8) is 0 Å². The van der Waals surface area contributed by atoms with Crippen molar-refractivity contribution in [3.8, 4) is 0 Å². The minimum absolute atomic E-state index is 0.126. The molecule has 1 aromatic rings. The van der Waals surface area contributed by atoms with E-state index in [0.29, 0.717) is 24.1 Å². The molecule has 0 aliphatic heterocycles. The summed E-state index contributed by atoms with van der Waals surface area (Å²) < 4.78 is 13.7. The normalized spacial score (nSPS) is 13.0. The van der Waals surface area contributed by atoms with Crippen molar-refractivity contribution in [1.29, 1.82) is 0 Å². The topological polar surface area (TPSA) is 40.5 Å². The summed E-state index contributed by atoms with van der Waals surface area (Å²) in [4.78, 5) is 12.9. The summed E-state index contributed by atoms with van der Waals surface area (Å²) >= 11 is 0. The Morgan fingerprint density at radius 3 is 2.53 bits per heavy atom. The van der Waals surface area contributed by atoms with E-state index in [9.17, 15) is 9.18 Å². The zero-order valence-corrected chi connectivity index (χ0v) is 12.0. The fourth-order valence-corrected chi connectivity index (χ4v) is 2.12. The van der Waals surface area contributed by atoms with Gasteiger partial charge in [0.25, 0.3) is 0 Å². The van der Waals surface area contributed by atoms with Gasteiger partial charge in [0.15, 0.2) is 0 Å². The first-order valence-electron chi connectivity index (χ1n) is 6.53. The molecular weight excluding hydrogens is 245 g/mol. The Labute approximate surface area is 114 Å². The molecule has 106 valence electrons. The van der Waals surface area contributed by atoms with Gasteiger partial charge in [-0.25, -0.2) is 9.18 Å². The summed E-state index contributed by atoms with van der Waals surface area (Å²) in [5.41, 5.74) is 0.555. The number of carboxylic acids is 1. The van der Waals surface area contributed by atoms with Crippen LogP contribution in [0.1, 0.15) is 43.1 Å². The zero-order chi connectivity index (χ0) is 14.6. The molecule has 0 saturated heterocycles. The first-order valence-corrected chi connectivity index (χ1v) is 6.53. The standard InChI is InChI=1S/C15H22FNO2/c1-10(2)7-11(3)17(4)9-13-8-12(15(18)19)5-6-14(13)16/h5-6,8,10-11H,7,9H2,1-4H3,(H,18,19). The maximum atomic E-state index is 13.7. The van der Waals surface area contributed by atoms with Gasteiger partial charge in [-0.2, -0.15) is 0 Å². The van der Waals surface area contributed by atoms with Crippen molar-refractivity contribution >= 4 is 5.97 Å². The molecule has 1 aromatic carbocycles. The summed E-state index contributed by atoms with van der Waals surface area (Å²) in [7, 11) is 1.93. The Kier molecular flexibility index (Phi) is 5.48. The lowest BCUT2D eigenvalue weighted by molar-refractivity contribution is 0.0696. The number of rotatable bonds is 6. The van der Waals surface area contributed by atoms with E-state index in [1.54, 1.807) is 0 Å². The first kappa shape index (κ1) is 15.6. The van der Waals surface area contributed by atoms with Crippen LogP contribution < -0.4 is 0 Å². The van der Waals surface area contributed by atoms with Crippen LogP contribution in [0.3, 0.4) is 0 Å². The maximum absolute atomic E-state index is 13.7. The highest BCUT2D eigenvalue weighted by atomic mass is 19.1. The fourth-order valence-electron chi connectivity index (χ4n) is 2.12. The van der Waals surface area contributed by atoms with E-state index in [1.807, 2.05) is 11.9 Å². The van der Waals surface area contributed by atoms with Crippen LogP contribution in [0.2, 0.25) is 0 Å². The van der Waals surface area contributed by atoms with Crippen LogP contribution in [-0.4, -0.2) is 29.1 Å². The fraction of sp³-hybridized carbons (Fsp3) is 0.533. The molecule has 0 aliphatic carbocycles. The van der Waals surface area contributed by atoms with E-state index < -0.39 is 5.97 Å². The largest absolute Gasteiger partial charge is 0.478 e. The van der Waals surface area contributed by atoms with E-state index in [2.05, 4.69) is 20.8 Å². The third-order valence-corrected chi connectivity index (χ3v) is 3.28. The molecule has 1 unspecified atom stereocenters. The van der Waals surface area contributed by atoms with Crippen LogP contribution in [0.15, 0.2) is 18.2 Å². The van der Waals surface area contributed by atoms with Crippen LogP contribution in [0.25, 0.3) is 0 Å². The number of nitrogens with zero attached hydrogens (tertiary/aromatic N) is 1. The van der Waals surface area contributed by atoms with E-state index >= 15 is 0 Å². The molecule has 0 heterocycles. The molecule has 4 heteroatoms. The summed E-state index contributed by atoms with van der Waals surface area (Å²) in [5.74, 6) is -0.805. The van der Waals surface area contributed by atoms with Gasteiger partial charge in [-0.3, -0.25) is 4.90 Å². The molecule has 1 rings (SSSR count). The second kappa shape index (κ2) is 6.66. The van der Waals surface area contributed by atoms with Crippen LogP contribution in [-0.2, 0) is 6.54 Å². The van der Waals surface area contributed by atoms with Gasteiger partial charge in [0, 0.05) is 18.2 Å². The van der Waals surface area contributed by atoms with Gasteiger partial charge in [0.05, 0.1) is 5.56 Å². The molecule has 0 fully saturated rings. The number of hydrogen-bond donors (Lipinski definition) is 1. The van der Waals surface area contributed by atoms with Crippen molar-refractivity contribution in [3.05, 3.63) is 35.1 Å². The summed E-state index contributed by atoms with van der Waals surface area (Å²) in [6.45, 7) is 6.81. The average molecular weight is 267 g/mol. The van der Waals surface area contributed by atoms with Crippen molar-refractivity contribution in [1.82, 2.24) is 4.90 Å². The van der Waals surface area contributed by atoms with Crippen molar-refractivity contribution in [2.75, 3.05) is 7.05 Å². The second-order valence-corrected chi connectivity index (χ2v) is 5.51. The highest BCUT2D eigenvalue weighted by molar-refractivity contribution is 5.87. The number of carbonyl (C=O) groups is 1. The molecule has 0 aromatic heterocycles. The van der Waals surface area contributed by atoms with Gasteiger partial charge >= 0.3 is 5.97 Å². The van der Waals surface area contributed by atoms with E-state index in [-0.39, 0.29) is 11.4 Å². The molecule has 1 N–H and O–H groups in total. The highest BCUT2D eigenvalue weighted by Crippen LogP contribution is 2.16. The first-order chi connectivity index (χ1) is 8.81. The average Bonchev–Trinajstić information content (AvgIpc) is 2.30. The molecule has 1 atom stereocenters. The van der Waals surface area contributed by atoms with Crippen LogP contribution in [0.5, 0.6) is 0 Å². The van der Waals surface area contributed by atoms with Gasteiger partial charge in [0.2, 0.25) is 0 Å². The van der Waals surface area contributed by atoms with Gasteiger partial charge in [-0.05, 0) is 44.5 Å². The summed E-state index contributed by atoms with van der Waals surface area (Å²) in [6, 6.07) is 4.25. The van der Waals surface area contributed by atoms with Crippen molar-refractivity contribution in [2.45, 2.75) is 39.8 Å². The van der Waals surface area contributed by atoms with Crippen LogP contribution in [0.4, 0.5) is 4.39 Å². The molecule has 0 radical (unpaired) electrons. The molecule has 0 aliphatic rings. The lowest BCUT2D eigenvalue weighted by Crippen LogP contribution is -2.30. The molecule has 3 nitrogen and oxygen atoms in total. The minimum atomic E-state index is -1.03. The molecular formula is C15H22FNO2. The van der Waals surface area contributed by atoms with Gasteiger partial charge < -0.3 is 5.11 Å². The quantitative estimate of drug-likeness (QED) is 0.859.